The molecule has 1 atom stereocenters. The third-order valence-corrected chi connectivity index (χ3v) is 8.67. The van der Waals surface area contributed by atoms with Gasteiger partial charge < -0.3 is 16.0 Å². The van der Waals surface area contributed by atoms with E-state index in [9.17, 15) is 14.4 Å². The first-order valence-corrected chi connectivity index (χ1v) is 15.9. The van der Waals surface area contributed by atoms with E-state index < -0.39 is 17.1 Å². The van der Waals surface area contributed by atoms with Crippen molar-refractivity contribution in [3.63, 3.8) is 0 Å². The molecule has 1 unspecified atom stereocenters. The highest BCUT2D eigenvalue weighted by molar-refractivity contribution is 9.10. The van der Waals surface area contributed by atoms with E-state index in [2.05, 4.69) is 31.9 Å². The molecule has 5 aromatic rings. The second-order valence-electron chi connectivity index (χ2n) is 10.1. The van der Waals surface area contributed by atoms with Crippen molar-refractivity contribution in [1.29, 1.82) is 0 Å². The van der Waals surface area contributed by atoms with Gasteiger partial charge in [0.05, 0.1) is 5.69 Å². The number of nitrogens with one attached hydrogen (secondary N) is 3. The molecule has 8 heteroatoms. The predicted octanol–water partition coefficient (Wildman–Crippen LogP) is 8.64. The molecule has 224 valence electrons. The Morgan fingerprint density at radius 1 is 0.733 bits per heavy atom. The van der Waals surface area contributed by atoms with Gasteiger partial charge in [0.15, 0.2) is 0 Å². The lowest BCUT2D eigenvalue weighted by atomic mass is 10.1. The van der Waals surface area contributed by atoms with Gasteiger partial charge in [0.25, 0.3) is 11.8 Å². The van der Waals surface area contributed by atoms with Crippen molar-refractivity contribution in [3.8, 4) is 0 Å². The zero-order chi connectivity index (χ0) is 31.6. The Balaban J connectivity index is 1.37. The van der Waals surface area contributed by atoms with Crippen LogP contribution in [0.5, 0.6) is 0 Å². The van der Waals surface area contributed by atoms with Crippen molar-refractivity contribution in [1.82, 2.24) is 5.32 Å². The molecule has 3 amide bonds. The first-order chi connectivity index (χ1) is 21.9. The van der Waals surface area contributed by atoms with Gasteiger partial charge in [-0.25, -0.2) is 0 Å². The highest BCUT2D eigenvalue weighted by Crippen LogP contribution is 2.37. The highest BCUT2D eigenvalue weighted by Gasteiger charge is 2.23. The number of amides is 3. The summed E-state index contributed by atoms with van der Waals surface area (Å²) in [5, 5.41) is 8.16. The van der Waals surface area contributed by atoms with Crippen molar-refractivity contribution >= 4 is 62.9 Å². The lowest BCUT2D eigenvalue weighted by molar-refractivity contribution is -0.116. The van der Waals surface area contributed by atoms with Crippen LogP contribution < -0.4 is 16.0 Å². The monoisotopic (exact) mass is 675 g/mol. The zero-order valence-corrected chi connectivity index (χ0v) is 26.8. The van der Waals surface area contributed by atoms with E-state index in [-0.39, 0.29) is 11.6 Å². The second kappa shape index (κ2) is 15.2. The Morgan fingerprint density at radius 3 is 2.11 bits per heavy atom. The van der Waals surface area contributed by atoms with Gasteiger partial charge in [-0.3, -0.25) is 14.4 Å². The lowest BCUT2D eigenvalue weighted by Gasteiger charge is -2.18. The number of carbonyl (C=O) groups excluding carboxylic acids is 3. The molecule has 0 heterocycles. The predicted molar refractivity (Wildman–Crippen MR) is 186 cm³/mol. The number of carbonyl (C=O) groups is 3. The van der Waals surface area contributed by atoms with Crippen LogP contribution in [-0.4, -0.2) is 17.7 Å². The summed E-state index contributed by atoms with van der Waals surface area (Å²) in [5.41, 5.74) is 4.42. The van der Waals surface area contributed by atoms with E-state index in [1.807, 2.05) is 110 Å². The molecule has 3 N–H and O–H groups in total. The van der Waals surface area contributed by atoms with Crippen LogP contribution in [0.15, 0.2) is 149 Å². The van der Waals surface area contributed by atoms with Gasteiger partial charge in [-0.2, -0.15) is 0 Å². The van der Waals surface area contributed by atoms with Crippen LogP contribution in [0.3, 0.4) is 0 Å². The quantitative estimate of drug-likeness (QED) is 0.102. The normalized spacial score (nSPS) is 11.7. The summed E-state index contributed by atoms with van der Waals surface area (Å²) >= 11 is 4.87. The van der Waals surface area contributed by atoms with E-state index in [0.717, 1.165) is 26.1 Å². The van der Waals surface area contributed by atoms with Crippen LogP contribution >= 0.6 is 27.7 Å². The average molecular weight is 677 g/mol. The van der Waals surface area contributed by atoms with Gasteiger partial charge in [0.2, 0.25) is 5.91 Å². The smallest absolute Gasteiger partial charge is 0.272 e. The van der Waals surface area contributed by atoms with Gasteiger partial charge in [-0.05, 0) is 82.5 Å². The Morgan fingerprint density at radius 2 is 1.40 bits per heavy atom. The fourth-order valence-corrected chi connectivity index (χ4v) is 5.88. The first kappa shape index (κ1) is 31.5. The largest absolute Gasteiger partial charge is 0.324 e. The number of rotatable bonds is 10. The summed E-state index contributed by atoms with van der Waals surface area (Å²) in [5.74, 6) is -1.05. The van der Waals surface area contributed by atoms with Gasteiger partial charge >= 0.3 is 0 Å². The third-order valence-electron chi connectivity index (χ3n) is 6.74. The molecule has 0 fully saturated rings. The molecule has 0 saturated carbocycles. The SMILES string of the molecule is Cc1ccc(/C=C(\NC(=O)c2ccccc2)C(=O)Nc2cccc(SC(C(=O)Nc3ccccc3Br)c3ccccc3)c2)cc1. The van der Waals surface area contributed by atoms with Gasteiger partial charge in [-0.15, -0.1) is 11.8 Å². The van der Waals surface area contributed by atoms with Crippen LogP contribution in [0.4, 0.5) is 11.4 Å². The maximum Gasteiger partial charge on any atom is 0.272 e. The van der Waals surface area contributed by atoms with E-state index in [1.54, 1.807) is 36.4 Å². The van der Waals surface area contributed by atoms with Crippen LogP contribution in [0.25, 0.3) is 6.08 Å². The molecule has 0 saturated heterocycles. The average Bonchev–Trinajstić information content (AvgIpc) is 3.06. The molecule has 0 aliphatic rings. The number of hydrogen-bond acceptors (Lipinski definition) is 4. The Labute approximate surface area is 275 Å². The molecular formula is C37H30BrN3O3S. The number of halogens is 1. The minimum absolute atomic E-state index is 0.0979. The Bertz CT molecular complexity index is 1830. The van der Waals surface area contributed by atoms with E-state index in [0.29, 0.717) is 16.9 Å². The molecule has 0 radical (unpaired) electrons. The van der Waals surface area contributed by atoms with E-state index in [1.165, 1.54) is 11.8 Å². The number of para-hydroxylation sites is 1. The minimum atomic E-state index is -0.564. The fraction of sp³-hybridized carbons (Fsp3) is 0.0541. The van der Waals surface area contributed by atoms with Crippen molar-refractivity contribution in [3.05, 3.63) is 166 Å². The van der Waals surface area contributed by atoms with Crippen LogP contribution in [-0.2, 0) is 9.59 Å². The highest BCUT2D eigenvalue weighted by atomic mass is 79.9. The topological polar surface area (TPSA) is 87.3 Å². The number of anilines is 2. The van der Waals surface area contributed by atoms with E-state index in [4.69, 9.17) is 0 Å². The Hall–Kier alpha value is -4.92. The van der Waals surface area contributed by atoms with Crippen LogP contribution in [0, 0.1) is 6.92 Å². The van der Waals surface area contributed by atoms with Gasteiger partial charge in [0.1, 0.15) is 10.9 Å². The van der Waals surface area contributed by atoms with E-state index >= 15 is 0 Å². The summed E-state index contributed by atoms with van der Waals surface area (Å²) in [6.45, 7) is 1.98. The number of benzene rings is 5. The summed E-state index contributed by atoms with van der Waals surface area (Å²) < 4.78 is 0.786. The van der Waals surface area contributed by atoms with Crippen molar-refractivity contribution in [2.75, 3.05) is 10.6 Å². The van der Waals surface area contributed by atoms with Crippen molar-refractivity contribution in [2.45, 2.75) is 17.1 Å². The summed E-state index contributed by atoms with van der Waals surface area (Å²) in [7, 11) is 0. The maximum atomic E-state index is 13.6. The number of hydrogen-bond donors (Lipinski definition) is 3. The zero-order valence-electron chi connectivity index (χ0n) is 24.4. The van der Waals surface area contributed by atoms with Gasteiger partial charge in [0, 0.05) is 20.6 Å². The van der Waals surface area contributed by atoms with Crippen molar-refractivity contribution in [2.24, 2.45) is 0 Å². The maximum absolute atomic E-state index is 13.6. The summed E-state index contributed by atoms with van der Waals surface area (Å²) in [4.78, 5) is 40.9. The molecule has 45 heavy (non-hydrogen) atoms. The van der Waals surface area contributed by atoms with Gasteiger partial charge in [-0.1, -0.05) is 96.6 Å². The standard InChI is InChI=1S/C37H30BrN3O3S/c1-25-19-21-26(22-20-25)23-33(41-35(42)28-13-6-3-7-14-28)36(43)39-29-15-10-16-30(24-29)45-34(27-11-4-2-5-12-27)37(44)40-32-18-9-8-17-31(32)38/h2-24,34H,1H3,(H,39,43)(H,40,44)(H,41,42)/b33-23-. The number of thioether (sulfide) groups is 1. The molecule has 5 rings (SSSR count). The molecule has 0 spiro atoms. The molecule has 0 bridgehead atoms. The minimum Gasteiger partial charge on any atom is -0.324 e. The fourth-order valence-electron chi connectivity index (χ4n) is 4.42. The van der Waals surface area contributed by atoms with Crippen LogP contribution in [0.2, 0.25) is 0 Å². The lowest BCUT2D eigenvalue weighted by Crippen LogP contribution is -2.30. The molecule has 6 nitrogen and oxygen atoms in total. The first-order valence-electron chi connectivity index (χ1n) is 14.2. The molecule has 5 aromatic carbocycles. The molecular weight excluding hydrogens is 646 g/mol. The third kappa shape index (κ3) is 8.81. The molecule has 0 aromatic heterocycles. The molecule has 0 aliphatic heterocycles. The number of aryl methyl sites for hydroxylation is 1. The summed E-state index contributed by atoms with van der Waals surface area (Å²) in [6, 6.07) is 40.7. The Kier molecular flexibility index (Phi) is 10.6. The van der Waals surface area contributed by atoms with Crippen LogP contribution in [0.1, 0.15) is 32.3 Å². The van der Waals surface area contributed by atoms with Crippen molar-refractivity contribution < 1.29 is 14.4 Å². The summed E-state index contributed by atoms with van der Waals surface area (Å²) in [6.07, 6.45) is 1.64. The second-order valence-corrected chi connectivity index (χ2v) is 12.2. The molecule has 0 aliphatic carbocycles.